The maximum absolute atomic E-state index is 13.8. The third kappa shape index (κ3) is 2.78. The van der Waals surface area contributed by atoms with E-state index in [4.69, 9.17) is 5.73 Å². The first-order valence-corrected chi connectivity index (χ1v) is 6.49. The lowest BCUT2D eigenvalue weighted by Gasteiger charge is -2.17. The highest BCUT2D eigenvalue weighted by Gasteiger charge is 2.18. The predicted molar refractivity (Wildman–Crippen MR) is 69.2 cm³/mol. The summed E-state index contributed by atoms with van der Waals surface area (Å²) in [6.07, 6.45) is 7.50. The van der Waals surface area contributed by atoms with Crippen molar-refractivity contribution in [1.29, 1.82) is 0 Å². The van der Waals surface area contributed by atoms with Gasteiger partial charge in [-0.1, -0.05) is 18.1 Å². The van der Waals surface area contributed by atoms with Crippen molar-refractivity contribution in [3.63, 3.8) is 0 Å². The minimum atomic E-state index is -0.546. The number of aryl methyl sites for hydroxylation is 1. The molecular weight excluding hydrogens is 232 g/mol. The zero-order chi connectivity index (χ0) is 13.1. The van der Waals surface area contributed by atoms with E-state index in [1.54, 1.807) is 6.92 Å². The van der Waals surface area contributed by atoms with E-state index in [0.29, 0.717) is 11.1 Å². The van der Waals surface area contributed by atoms with Gasteiger partial charge in [0, 0.05) is 11.6 Å². The monoisotopic (exact) mass is 251 g/mol. The third-order valence-corrected chi connectivity index (χ3v) is 3.59. The lowest BCUT2D eigenvalue weighted by atomic mass is 9.94. The van der Waals surface area contributed by atoms with Crippen molar-refractivity contribution in [2.24, 2.45) is 5.73 Å². The Bertz CT molecular complexity index is 466. The maximum atomic E-state index is 13.8. The molecule has 0 aliphatic heterocycles. The summed E-state index contributed by atoms with van der Waals surface area (Å²) < 4.78 is 27.0. The van der Waals surface area contributed by atoms with Crippen molar-refractivity contribution in [3.8, 4) is 0 Å². The minimum absolute atomic E-state index is 0.405. The molecule has 1 aliphatic carbocycles. The zero-order valence-electron chi connectivity index (χ0n) is 10.7. The second-order valence-electron chi connectivity index (χ2n) is 4.98. The van der Waals surface area contributed by atoms with Crippen LogP contribution < -0.4 is 5.73 Å². The zero-order valence-corrected chi connectivity index (χ0v) is 10.7. The van der Waals surface area contributed by atoms with E-state index in [1.807, 2.05) is 0 Å². The number of allylic oxidation sites excluding steroid dienone is 1. The summed E-state index contributed by atoms with van der Waals surface area (Å²) in [5, 5.41) is 0. The molecule has 2 N–H and O–H groups in total. The summed E-state index contributed by atoms with van der Waals surface area (Å²) in [6, 6.07) is 2.02. The molecule has 0 aromatic heterocycles. The van der Waals surface area contributed by atoms with Crippen LogP contribution in [0.3, 0.4) is 0 Å². The van der Waals surface area contributed by atoms with Gasteiger partial charge >= 0.3 is 0 Å². The highest BCUT2D eigenvalue weighted by atomic mass is 19.1. The van der Waals surface area contributed by atoms with Gasteiger partial charge in [-0.2, -0.15) is 0 Å². The smallest absolute Gasteiger partial charge is 0.131 e. The second kappa shape index (κ2) is 5.61. The summed E-state index contributed by atoms with van der Waals surface area (Å²) in [6.45, 7) is 1.63. The molecule has 0 radical (unpaired) electrons. The van der Waals surface area contributed by atoms with E-state index in [0.717, 1.165) is 30.9 Å². The van der Waals surface area contributed by atoms with Crippen LogP contribution >= 0.6 is 0 Å². The minimum Gasteiger partial charge on any atom is -0.320 e. The van der Waals surface area contributed by atoms with Crippen LogP contribution in [0.1, 0.15) is 49.3 Å². The van der Waals surface area contributed by atoms with E-state index in [1.165, 1.54) is 18.9 Å². The Morgan fingerprint density at radius 1 is 1.11 bits per heavy atom. The Morgan fingerprint density at radius 3 is 2.67 bits per heavy atom. The summed E-state index contributed by atoms with van der Waals surface area (Å²) in [7, 11) is 0. The van der Waals surface area contributed by atoms with Crippen LogP contribution in [0.2, 0.25) is 0 Å². The molecule has 3 heteroatoms. The average molecular weight is 251 g/mol. The Hall–Kier alpha value is -1.22. The van der Waals surface area contributed by atoms with Crippen molar-refractivity contribution in [3.05, 3.63) is 46.5 Å². The van der Waals surface area contributed by atoms with Crippen LogP contribution in [0.15, 0.2) is 23.8 Å². The van der Waals surface area contributed by atoms with Gasteiger partial charge in [0.25, 0.3) is 0 Å². The summed E-state index contributed by atoms with van der Waals surface area (Å²) >= 11 is 0. The topological polar surface area (TPSA) is 26.0 Å². The molecule has 18 heavy (non-hydrogen) atoms. The van der Waals surface area contributed by atoms with Crippen LogP contribution in [-0.4, -0.2) is 0 Å². The van der Waals surface area contributed by atoms with Gasteiger partial charge in [0.2, 0.25) is 0 Å². The van der Waals surface area contributed by atoms with E-state index in [9.17, 15) is 8.78 Å². The van der Waals surface area contributed by atoms with Gasteiger partial charge in [-0.25, -0.2) is 8.78 Å². The summed E-state index contributed by atoms with van der Waals surface area (Å²) in [4.78, 5) is 0. The lowest BCUT2D eigenvalue weighted by molar-refractivity contribution is 0.557. The largest absolute Gasteiger partial charge is 0.320 e. The van der Waals surface area contributed by atoms with Crippen molar-refractivity contribution in [2.45, 2.75) is 45.1 Å². The molecule has 1 aliphatic rings. The maximum Gasteiger partial charge on any atom is 0.131 e. The molecule has 2 rings (SSSR count). The summed E-state index contributed by atoms with van der Waals surface area (Å²) in [5.41, 5.74) is 8.05. The van der Waals surface area contributed by atoms with Gasteiger partial charge in [-0.15, -0.1) is 0 Å². The first kappa shape index (κ1) is 13.2. The molecule has 1 aromatic carbocycles. The van der Waals surface area contributed by atoms with Gasteiger partial charge in [-0.3, -0.25) is 0 Å². The standard InChI is InChI=1S/C15H19F2N/c1-10-8-12(14(17)9-13(10)16)15(18)11-6-4-2-3-5-7-11/h6,8-9,15H,2-5,7,18H2,1H3. The average Bonchev–Trinajstić information content (AvgIpc) is 2.61. The third-order valence-electron chi connectivity index (χ3n) is 3.59. The highest BCUT2D eigenvalue weighted by Crippen LogP contribution is 2.29. The summed E-state index contributed by atoms with van der Waals surface area (Å²) in [5.74, 6) is -1.06. The van der Waals surface area contributed by atoms with Crippen molar-refractivity contribution in [2.75, 3.05) is 0 Å². The second-order valence-corrected chi connectivity index (χ2v) is 4.98. The molecule has 0 amide bonds. The molecule has 98 valence electrons. The van der Waals surface area contributed by atoms with E-state index < -0.39 is 17.7 Å². The first-order chi connectivity index (χ1) is 8.59. The van der Waals surface area contributed by atoms with Crippen LogP contribution in [-0.2, 0) is 0 Å². The normalized spacial score (nSPS) is 18.1. The van der Waals surface area contributed by atoms with Crippen molar-refractivity contribution >= 4 is 0 Å². The van der Waals surface area contributed by atoms with Gasteiger partial charge in [-0.05, 0) is 44.2 Å². The molecule has 1 atom stereocenters. The molecule has 0 fully saturated rings. The highest BCUT2D eigenvalue weighted by molar-refractivity contribution is 5.33. The molecule has 0 spiro atoms. The SMILES string of the molecule is Cc1cc(C(N)C2=CCCCCC2)c(F)cc1F. The fourth-order valence-corrected chi connectivity index (χ4v) is 2.44. The van der Waals surface area contributed by atoms with Crippen molar-refractivity contribution < 1.29 is 8.78 Å². The fraction of sp³-hybridized carbons (Fsp3) is 0.467. The Labute approximate surface area is 107 Å². The van der Waals surface area contributed by atoms with Crippen LogP contribution in [0.5, 0.6) is 0 Å². The number of hydrogen-bond donors (Lipinski definition) is 1. The molecule has 0 bridgehead atoms. The number of benzene rings is 1. The number of hydrogen-bond acceptors (Lipinski definition) is 1. The molecule has 1 aromatic rings. The van der Waals surface area contributed by atoms with Gasteiger partial charge < -0.3 is 5.73 Å². The Balaban J connectivity index is 2.30. The molecular formula is C15H19F2N. The molecule has 0 heterocycles. The van der Waals surface area contributed by atoms with Crippen molar-refractivity contribution in [1.82, 2.24) is 0 Å². The number of halogens is 2. The van der Waals surface area contributed by atoms with Crippen LogP contribution in [0, 0.1) is 18.6 Å². The first-order valence-electron chi connectivity index (χ1n) is 6.49. The van der Waals surface area contributed by atoms with E-state index in [2.05, 4.69) is 6.08 Å². The predicted octanol–water partition coefficient (Wildman–Crippen LogP) is 4.16. The van der Waals surface area contributed by atoms with Crippen LogP contribution in [0.4, 0.5) is 8.78 Å². The molecule has 0 saturated heterocycles. The number of nitrogens with two attached hydrogens (primary N) is 1. The number of rotatable bonds is 2. The lowest BCUT2D eigenvalue weighted by Crippen LogP contribution is -2.15. The van der Waals surface area contributed by atoms with Gasteiger partial charge in [0.1, 0.15) is 11.6 Å². The molecule has 1 unspecified atom stereocenters. The fourth-order valence-electron chi connectivity index (χ4n) is 2.44. The Morgan fingerprint density at radius 2 is 1.89 bits per heavy atom. The molecule has 0 saturated carbocycles. The van der Waals surface area contributed by atoms with Crippen LogP contribution in [0.25, 0.3) is 0 Å². The van der Waals surface area contributed by atoms with Gasteiger partial charge in [0.15, 0.2) is 0 Å². The molecule has 1 nitrogen and oxygen atoms in total. The van der Waals surface area contributed by atoms with E-state index in [-0.39, 0.29) is 0 Å². The van der Waals surface area contributed by atoms with E-state index >= 15 is 0 Å². The Kier molecular flexibility index (Phi) is 4.12. The van der Waals surface area contributed by atoms with Gasteiger partial charge in [0.05, 0.1) is 6.04 Å². The quantitative estimate of drug-likeness (QED) is 0.785.